The molecule has 2 fully saturated rings. The summed E-state index contributed by atoms with van der Waals surface area (Å²) in [5.41, 5.74) is 0.899. The minimum Gasteiger partial charge on any atom is -0.427 e. The summed E-state index contributed by atoms with van der Waals surface area (Å²) in [5, 5.41) is 10.8. The van der Waals surface area contributed by atoms with E-state index in [4.69, 9.17) is 4.74 Å². The first kappa shape index (κ1) is 17.3. The van der Waals surface area contributed by atoms with Gasteiger partial charge in [0.2, 0.25) is 0 Å². The fraction of sp³-hybridized carbons (Fsp3) is 0.571. The van der Waals surface area contributed by atoms with E-state index in [2.05, 4.69) is 26.8 Å². The van der Waals surface area contributed by atoms with E-state index in [1.807, 2.05) is 0 Å². The number of nitrogens with zero attached hydrogens (tertiary/aromatic N) is 1. The first-order valence-corrected chi connectivity index (χ1v) is 9.37. The third-order valence-electron chi connectivity index (χ3n) is 7.15. The van der Waals surface area contributed by atoms with E-state index in [9.17, 15) is 14.9 Å². The summed E-state index contributed by atoms with van der Waals surface area (Å²) >= 11 is 0. The molecule has 0 amide bonds. The topological polar surface area (TPSA) is 69.4 Å². The Hall–Kier alpha value is -2.17. The number of benzene rings is 1. The molecule has 0 bridgehead atoms. The van der Waals surface area contributed by atoms with Crippen LogP contribution in [0.3, 0.4) is 0 Å². The zero-order valence-corrected chi connectivity index (χ0v) is 15.6. The lowest BCUT2D eigenvalue weighted by Gasteiger charge is -2.24. The molecule has 138 valence electrons. The molecule has 3 aliphatic carbocycles. The van der Waals surface area contributed by atoms with Crippen molar-refractivity contribution in [3.63, 3.8) is 0 Å². The number of carbonyl (C=O) groups excluding carboxylic acids is 1. The average Bonchev–Trinajstić information content (AvgIpc) is 3.00. The van der Waals surface area contributed by atoms with Gasteiger partial charge in [-0.2, -0.15) is 0 Å². The Morgan fingerprint density at radius 3 is 2.54 bits per heavy atom. The highest BCUT2D eigenvalue weighted by Gasteiger charge is 2.78. The van der Waals surface area contributed by atoms with Gasteiger partial charge < -0.3 is 4.74 Å². The monoisotopic (exact) mass is 355 g/mol. The molecule has 0 heterocycles. The number of nitro groups is 1. The lowest BCUT2D eigenvalue weighted by atomic mass is 9.81. The highest BCUT2D eigenvalue weighted by molar-refractivity contribution is 5.90. The van der Waals surface area contributed by atoms with Crippen LogP contribution in [0, 0.1) is 32.3 Å². The van der Waals surface area contributed by atoms with Gasteiger partial charge in [-0.05, 0) is 60.6 Å². The van der Waals surface area contributed by atoms with E-state index in [0.717, 1.165) is 25.0 Å². The van der Waals surface area contributed by atoms with Crippen LogP contribution in [0.1, 0.15) is 63.2 Å². The van der Waals surface area contributed by atoms with Crippen LogP contribution in [0.15, 0.2) is 36.1 Å². The third-order valence-corrected chi connectivity index (χ3v) is 7.15. The quantitative estimate of drug-likeness (QED) is 0.421. The highest BCUT2D eigenvalue weighted by atomic mass is 16.6. The fourth-order valence-electron chi connectivity index (χ4n) is 5.62. The molecule has 1 aromatic rings. The van der Waals surface area contributed by atoms with Crippen LogP contribution in [-0.2, 0) is 4.74 Å². The van der Waals surface area contributed by atoms with Gasteiger partial charge in [0.15, 0.2) is 0 Å². The van der Waals surface area contributed by atoms with Crippen molar-refractivity contribution in [2.45, 2.75) is 52.9 Å². The maximum Gasteiger partial charge on any atom is 0.343 e. The lowest BCUT2D eigenvalue weighted by molar-refractivity contribution is -0.384. The normalized spacial score (nSPS) is 34.1. The molecule has 4 rings (SSSR count). The Balaban J connectivity index is 1.54. The molecule has 0 aromatic heterocycles. The van der Waals surface area contributed by atoms with E-state index in [0.29, 0.717) is 16.9 Å². The van der Waals surface area contributed by atoms with Gasteiger partial charge in [0.1, 0.15) is 5.76 Å². The summed E-state index contributed by atoms with van der Waals surface area (Å²) < 4.78 is 5.85. The van der Waals surface area contributed by atoms with Crippen molar-refractivity contribution in [3.05, 3.63) is 51.8 Å². The minimum atomic E-state index is -0.471. The summed E-state index contributed by atoms with van der Waals surface area (Å²) in [4.78, 5) is 22.9. The molecule has 2 saturated carbocycles. The second-order valence-electron chi connectivity index (χ2n) is 9.13. The lowest BCUT2D eigenvalue weighted by Crippen LogP contribution is -2.15. The molecule has 3 aliphatic rings. The summed E-state index contributed by atoms with van der Waals surface area (Å²) in [6.45, 7) is 7.02. The Kier molecular flexibility index (Phi) is 3.59. The van der Waals surface area contributed by atoms with Crippen LogP contribution in [0.4, 0.5) is 5.69 Å². The fourth-order valence-corrected chi connectivity index (χ4v) is 5.62. The molecule has 26 heavy (non-hydrogen) atoms. The van der Waals surface area contributed by atoms with Crippen molar-refractivity contribution >= 4 is 11.7 Å². The van der Waals surface area contributed by atoms with Crippen LogP contribution in [0.5, 0.6) is 0 Å². The van der Waals surface area contributed by atoms with Crippen molar-refractivity contribution < 1.29 is 14.5 Å². The van der Waals surface area contributed by atoms with E-state index in [1.54, 1.807) is 0 Å². The molecule has 3 atom stereocenters. The maximum atomic E-state index is 12.6. The van der Waals surface area contributed by atoms with Crippen LogP contribution >= 0.6 is 0 Å². The predicted octanol–water partition coefficient (Wildman–Crippen LogP) is 5.26. The van der Waals surface area contributed by atoms with E-state index in [-0.39, 0.29) is 16.5 Å². The number of nitro benzene ring substituents is 1. The largest absolute Gasteiger partial charge is 0.427 e. The number of ether oxygens (including phenoxy) is 1. The summed E-state index contributed by atoms with van der Waals surface area (Å²) in [6.07, 6.45) is 7.69. The molecule has 0 unspecified atom stereocenters. The Morgan fingerprint density at radius 1 is 1.19 bits per heavy atom. The number of non-ortho nitro benzene ring substituents is 1. The van der Waals surface area contributed by atoms with Crippen LogP contribution in [0.25, 0.3) is 0 Å². The summed E-state index contributed by atoms with van der Waals surface area (Å²) in [5.74, 6) is 1.00. The summed E-state index contributed by atoms with van der Waals surface area (Å²) in [7, 11) is 0. The second kappa shape index (κ2) is 5.41. The van der Waals surface area contributed by atoms with Gasteiger partial charge in [0.05, 0.1) is 10.5 Å². The molecule has 0 aliphatic heterocycles. The second-order valence-corrected chi connectivity index (χ2v) is 9.13. The van der Waals surface area contributed by atoms with Gasteiger partial charge in [-0.1, -0.05) is 27.2 Å². The molecule has 0 radical (unpaired) electrons. The molecular weight excluding hydrogens is 330 g/mol. The minimum absolute atomic E-state index is 0.0111. The number of rotatable bonds is 3. The number of carbonyl (C=O) groups is 1. The van der Waals surface area contributed by atoms with Crippen LogP contribution in [0.2, 0.25) is 0 Å². The highest BCUT2D eigenvalue weighted by Crippen LogP contribution is 2.82. The number of esters is 1. The Labute approximate surface area is 153 Å². The molecule has 5 heteroatoms. The van der Waals surface area contributed by atoms with Crippen molar-refractivity contribution in [2.24, 2.45) is 22.2 Å². The van der Waals surface area contributed by atoms with Crippen molar-refractivity contribution in [3.8, 4) is 0 Å². The van der Waals surface area contributed by atoms with Crippen molar-refractivity contribution in [1.82, 2.24) is 0 Å². The maximum absolute atomic E-state index is 12.6. The van der Waals surface area contributed by atoms with Gasteiger partial charge in [0, 0.05) is 17.5 Å². The number of allylic oxidation sites excluding steroid dienone is 2. The average molecular weight is 355 g/mol. The smallest absolute Gasteiger partial charge is 0.343 e. The standard InChI is InChI=1S/C21H25NO4/c1-19(2)10-4-11-21-16(13-19)20(21,3)12-9-17(21)26-18(23)14-5-7-15(8-6-14)22(24)25/h5-9,16H,4,10-13H2,1-3H3/t16-,20+,21+/m0/s1. The Morgan fingerprint density at radius 2 is 1.88 bits per heavy atom. The Bertz CT molecular complexity index is 810. The van der Waals surface area contributed by atoms with E-state index >= 15 is 0 Å². The van der Waals surface area contributed by atoms with Crippen molar-refractivity contribution in [2.75, 3.05) is 0 Å². The van der Waals surface area contributed by atoms with E-state index in [1.165, 1.54) is 37.1 Å². The first-order valence-electron chi connectivity index (χ1n) is 9.37. The van der Waals surface area contributed by atoms with Gasteiger partial charge in [-0.3, -0.25) is 10.1 Å². The molecule has 5 nitrogen and oxygen atoms in total. The number of fused-ring (bicyclic) bond motifs is 1. The third kappa shape index (κ3) is 2.32. The van der Waals surface area contributed by atoms with Gasteiger partial charge >= 0.3 is 5.97 Å². The predicted molar refractivity (Wildman–Crippen MR) is 97.5 cm³/mol. The molecule has 0 saturated heterocycles. The van der Waals surface area contributed by atoms with Gasteiger partial charge in [-0.15, -0.1) is 0 Å². The SMILES string of the molecule is CC1(C)CCC[C@@]23C(OC(=O)c4ccc([N+](=O)[O-])cc4)=CC[C@]2(C)[C@@H]3C1. The van der Waals surface area contributed by atoms with Crippen LogP contribution < -0.4 is 0 Å². The molecule has 0 N–H and O–H groups in total. The van der Waals surface area contributed by atoms with E-state index < -0.39 is 10.9 Å². The number of hydrogen-bond donors (Lipinski definition) is 0. The zero-order valence-electron chi connectivity index (χ0n) is 15.6. The molecule has 1 spiro atoms. The zero-order chi connectivity index (χ0) is 18.7. The van der Waals surface area contributed by atoms with Crippen LogP contribution in [-0.4, -0.2) is 10.9 Å². The first-order chi connectivity index (χ1) is 12.2. The summed E-state index contributed by atoms with van der Waals surface area (Å²) in [6, 6.07) is 5.62. The molecular formula is C21H25NO4. The van der Waals surface area contributed by atoms with Crippen molar-refractivity contribution in [1.29, 1.82) is 0 Å². The molecule has 1 aromatic carbocycles. The number of hydrogen-bond acceptors (Lipinski definition) is 4. The van der Waals surface area contributed by atoms with Gasteiger partial charge in [0.25, 0.3) is 5.69 Å². The van der Waals surface area contributed by atoms with Gasteiger partial charge in [-0.25, -0.2) is 4.79 Å².